The van der Waals surface area contributed by atoms with Crippen LogP contribution in [0, 0.1) is 14.9 Å². The zero-order valence-electron chi connectivity index (χ0n) is 12.1. The molecule has 2 aromatic rings. The normalized spacial score (nSPS) is 10.3. The van der Waals surface area contributed by atoms with Gasteiger partial charge < -0.3 is 10.4 Å². The molecule has 0 aliphatic carbocycles. The van der Waals surface area contributed by atoms with Gasteiger partial charge in [0.05, 0.1) is 4.92 Å². The quantitative estimate of drug-likeness (QED) is 0.495. The highest BCUT2D eigenvalue weighted by atomic mass is 32.1. The summed E-state index contributed by atoms with van der Waals surface area (Å²) in [5, 5.41) is 23.0. The SMILES string of the molecule is Cn1c(O)c(C(=O)Nc2ccc([N+](=O)[O-])cc2)c(=O)n(C)c1=S. The van der Waals surface area contributed by atoms with E-state index in [1.807, 2.05) is 0 Å². The third kappa shape index (κ3) is 2.97. The van der Waals surface area contributed by atoms with Gasteiger partial charge in [0, 0.05) is 31.9 Å². The number of carbonyl (C=O) groups excluding carboxylic acids is 1. The van der Waals surface area contributed by atoms with Gasteiger partial charge in [0.1, 0.15) is 0 Å². The fraction of sp³-hybridized carbons (Fsp3) is 0.154. The van der Waals surface area contributed by atoms with Crippen LogP contribution in [0.1, 0.15) is 10.4 Å². The van der Waals surface area contributed by atoms with Crippen molar-refractivity contribution in [3.63, 3.8) is 0 Å². The van der Waals surface area contributed by atoms with Crippen LogP contribution in [0.5, 0.6) is 5.88 Å². The van der Waals surface area contributed by atoms with Crippen molar-refractivity contribution < 1.29 is 14.8 Å². The van der Waals surface area contributed by atoms with E-state index < -0.39 is 27.8 Å². The minimum Gasteiger partial charge on any atom is -0.494 e. The molecular formula is C13H12N4O5S. The number of rotatable bonds is 3. The molecule has 1 amide bonds. The molecule has 1 heterocycles. The molecule has 0 spiro atoms. The van der Waals surface area contributed by atoms with Crippen molar-refractivity contribution in [1.82, 2.24) is 9.13 Å². The Morgan fingerprint density at radius 1 is 1.26 bits per heavy atom. The van der Waals surface area contributed by atoms with Crippen LogP contribution in [-0.2, 0) is 14.1 Å². The molecule has 0 saturated heterocycles. The van der Waals surface area contributed by atoms with E-state index in [0.717, 1.165) is 9.13 Å². The number of aromatic hydroxyl groups is 1. The summed E-state index contributed by atoms with van der Waals surface area (Å²) in [6.07, 6.45) is 0. The van der Waals surface area contributed by atoms with E-state index in [-0.39, 0.29) is 16.1 Å². The Balaban J connectivity index is 2.41. The molecule has 0 fully saturated rings. The molecule has 0 aliphatic rings. The van der Waals surface area contributed by atoms with E-state index in [1.165, 1.54) is 38.4 Å². The molecule has 2 N–H and O–H groups in total. The second kappa shape index (κ2) is 6.01. The van der Waals surface area contributed by atoms with Crippen molar-refractivity contribution in [3.8, 4) is 5.88 Å². The maximum absolute atomic E-state index is 12.2. The Bertz CT molecular complexity index is 914. The largest absolute Gasteiger partial charge is 0.494 e. The van der Waals surface area contributed by atoms with Gasteiger partial charge in [-0.05, 0) is 24.4 Å². The number of hydrogen-bond donors (Lipinski definition) is 2. The highest BCUT2D eigenvalue weighted by Crippen LogP contribution is 2.18. The molecular weight excluding hydrogens is 324 g/mol. The maximum atomic E-state index is 12.2. The second-order valence-corrected chi connectivity index (χ2v) is 5.03. The molecule has 2 rings (SSSR count). The summed E-state index contributed by atoms with van der Waals surface area (Å²) in [6, 6.07) is 5.05. The van der Waals surface area contributed by atoms with Crippen LogP contribution in [0.15, 0.2) is 29.1 Å². The first-order valence-electron chi connectivity index (χ1n) is 6.28. The summed E-state index contributed by atoms with van der Waals surface area (Å²) in [5.41, 5.74) is -1.11. The average Bonchev–Trinajstić information content (AvgIpc) is 2.51. The topological polar surface area (TPSA) is 119 Å². The van der Waals surface area contributed by atoms with Gasteiger partial charge in [-0.25, -0.2) is 0 Å². The molecule has 0 saturated carbocycles. The first-order valence-corrected chi connectivity index (χ1v) is 6.69. The lowest BCUT2D eigenvalue weighted by molar-refractivity contribution is -0.384. The van der Waals surface area contributed by atoms with Gasteiger partial charge in [0.25, 0.3) is 17.2 Å². The Hall–Kier alpha value is -3.01. The van der Waals surface area contributed by atoms with E-state index >= 15 is 0 Å². The van der Waals surface area contributed by atoms with Crippen LogP contribution in [0.4, 0.5) is 11.4 Å². The lowest BCUT2D eigenvalue weighted by atomic mass is 10.2. The molecule has 0 aliphatic heterocycles. The van der Waals surface area contributed by atoms with Gasteiger partial charge in [0.15, 0.2) is 10.3 Å². The Morgan fingerprint density at radius 2 is 1.83 bits per heavy atom. The van der Waals surface area contributed by atoms with Crippen LogP contribution in [0.2, 0.25) is 0 Å². The smallest absolute Gasteiger partial charge is 0.270 e. The van der Waals surface area contributed by atoms with E-state index in [9.17, 15) is 24.8 Å². The van der Waals surface area contributed by atoms with Crippen molar-refractivity contribution in [1.29, 1.82) is 0 Å². The number of carbonyl (C=O) groups is 1. The summed E-state index contributed by atoms with van der Waals surface area (Å²) in [5.74, 6) is -1.40. The summed E-state index contributed by atoms with van der Waals surface area (Å²) in [6.45, 7) is 0. The maximum Gasteiger partial charge on any atom is 0.270 e. The van der Waals surface area contributed by atoms with Gasteiger partial charge >= 0.3 is 0 Å². The van der Waals surface area contributed by atoms with Gasteiger partial charge in [-0.3, -0.25) is 28.8 Å². The van der Waals surface area contributed by atoms with Crippen molar-refractivity contribution in [3.05, 3.63) is 55.1 Å². The van der Waals surface area contributed by atoms with Gasteiger partial charge in [-0.1, -0.05) is 0 Å². The highest BCUT2D eigenvalue weighted by molar-refractivity contribution is 7.71. The van der Waals surface area contributed by atoms with Crippen molar-refractivity contribution in [2.45, 2.75) is 0 Å². The van der Waals surface area contributed by atoms with E-state index in [0.29, 0.717) is 0 Å². The lowest BCUT2D eigenvalue weighted by Gasteiger charge is -2.11. The zero-order valence-corrected chi connectivity index (χ0v) is 13.0. The Morgan fingerprint density at radius 3 is 2.35 bits per heavy atom. The molecule has 0 unspecified atom stereocenters. The molecule has 1 aromatic heterocycles. The number of hydrogen-bond acceptors (Lipinski definition) is 6. The molecule has 1 aromatic carbocycles. The third-order valence-electron chi connectivity index (χ3n) is 3.20. The van der Waals surface area contributed by atoms with Gasteiger partial charge in [0.2, 0.25) is 5.88 Å². The molecule has 0 atom stereocenters. The number of nitro benzene ring substituents is 1. The number of benzene rings is 1. The van der Waals surface area contributed by atoms with E-state index in [4.69, 9.17) is 12.2 Å². The Labute approximate surface area is 134 Å². The zero-order chi connectivity index (χ0) is 17.3. The predicted molar refractivity (Wildman–Crippen MR) is 84.2 cm³/mol. The first-order chi connectivity index (χ1) is 10.7. The van der Waals surface area contributed by atoms with Crippen molar-refractivity contribution >= 4 is 29.5 Å². The molecule has 23 heavy (non-hydrogen) atoms. The summed E-state index contributed by atoms with van der Waals surface area (Å²) >= 11 is 4.95. The van der Waals surface area contributed by atoms with Crippen molar-refractivity contribution in [2.24, 2.45) is 14.1 Å². The Kier molecular flexibility index (Phi) is 4.27. The fourth-order valence-corrected chi connectivity index (χ4v) is 2.06. The minimum absolute atomic E-state index is 0.0550. The number of aromatic nitrogens is 2. The standard InChI is InChI=1S/C13H12N4O5S/c1-15-11(19)9(12(20)16(2)13(15)23)10(18)14-7-3-5-8(6-4-7)17(21)22/h3-6,19H,1-2H3,(H,14,18). The number of nitrogens with one attached hydrogen (secondary N) is 1. The van der Waals surface area contributed by atoms with Crippen LogP contribution in [-0.4, -0.2) is 25.1 Å². The molecule has 10 heteroatoms. The first kappa shape index (κ1) is 16.4. The van der Waals surface area contributed by atoms with Crippen LogP contribution >= 0.6 is 12.2 Å². The van der Waals surface area contributed by atoms with Gasteiger partial charge in [-0.2, -0.15) is 0 Å². The number of non-ortho nitro benzene ring substituents is 1. The van der Waals surface area contributed by atoms with Crippen LogP contribution < -0.4 is 10.9 Å². The number of nitrogens with zero attached hydrogens (tertiary/aromatic N) is 3. The summed E-state index contributed by atoms with van der Waals surface area (Å²) in [4.78, 5) is 34.3. The van der Waals surface area contributed by atoms with E-state index in [1.54, 1.807) is 0 Å². The number of anilines is 1. The molecule has 0 radical (unpaired) electrons. The monoisotopic (exact) mass is 336 g/mol. The number of amides is 1. The van der Waals surface area contributed by atoms with E-state index in [2.05, 4.69) is 5.32 Å². The second-order valence-electron chi connectivity index (χ2n) is 4.66. The predicted octanol–water partition coefficient (Wildman–Crippen LogP) is 1.32. The minimum atomic E-state index is -0.845. The number of nitro groups is 1. The average molecular weight is 336 g/mol. The summed E-state index contributed by atoms with van der Waals surface area (Å²) in [7, 11) is 2.80. The lowest BCUT2D eigenvalue weighted by Crippen LogP contribution is -2.30. The van der Waals surface area contributed by atoms with Crippen LogP contribution in [0.25, 0.3) is 0 Å². The highest BCUT2D eigenvalue weighted by Gasteiger charge is 2.21. The molecule has 9 nitrogen and oxygen atoms in total. The van der Waals surface area contributed by atoms with Crippen molar-refractivity contribution in [2.75, 3.05) is 5.32 Å². The molecule has 0 bridgehead atoms. The van der Waals surface area contributed by atoms with Gasteiger partial charge in [-0.15, -0.1) is 0 Å². The summed E-state index contributed by atoms with van der Waals surface area (Å²) < 4.78 is 2.24. The van der Waals surface area contributed by atoms with Crippen LogP contribution in [0.3, 0.4) is 0 Å². The fourth-order valence-electron chi connectivity index (χ4n) is 1.89. The third-order valence-corrected chi connectivity index (χ3v) is 3.74. The molecule has 120 valence electrons.